The molecule has 1 saturated heterocycles. The summed E-state index contributed by atoms with van der Waals surface area (Å²) in [5.41, 5.74) is 5.46. The summed E-state index contributed by atoms with van der Waals surface area (Å²) in [5.74, 6) is 2.21. The molecule has 1 N–H and O–H groups in total. The second-order valence-electron chi connectivity index (χ2n) is 10.2. The van der Waals surface area contributed by atoms with Crippen molar-refractivity contribution in [1.82, 2.24) is 10.2 Å². The van der Waals surface area contributed by atoms with Gasteiger partial charge in [0.1, 0.15) is 23.9 Å². The topological polar surface area (TPSA) is 60.0 Å². The van der Waals surface area contributed by atoms with Gasteiger partial charge in [-0.25, -0.2) is 4.79 Å². The molecule has 3 aromatic rings. The Labute approximate surface area is 239 Å². The van der Waals surface area contributed by atoms with Crippen LogP contribution < -0.4 is 19.5 Å². The van der Waals surface area contributed by atoms with E-state index in [0.29, 0.717) is 18.9 Å². The Balaban J connectivity index is 1.53. The summed E-state index contributed by atoms with van der Waals surface area (Å²) in [4.78, 5) is 14.6. The molecular weight excluding hydrogens is 500 g/mol. The minimum atomic E-state index is -0.428. The Bertz CT molecular complexity index is 1230. The van der Waals surface area contributed by atoms with Crippen molar-refractivity contribution in [2.45, 2.75) is 46.0 Å². The van der Waals surface area contributed by atoms with Gasteiger partial charge in [-0.2, -0.15) is 0 Å². The molecule has 1 heterocycles. The van der Waals surface area contributed by atoms with Crippen molar-refractivity contribution in [3.63, 3.8) is 0 Å². The molecule has 3 aromatic carbocycles. The highest BCUT2D eigenvalue weighted by Crippen LogP contribution is 2.34. The van der Waals surface area contributed by atoms with Gasteiger partial charge >= 0.3 is 6.09 Å². The second-order valence-corrected chi connectivity index (χ2v) is 10.2. The van der Waals surface area contributed by atoms with Crippen LogP contribution in [0, 0.1) is 0 Å². The number of nitrogens with zero attached hydrogens (tertiary/aromatic N) is 1. The summed E-state index contributed by atoms with van der Waals surface area (Å²) in [5, 5.41) is 2.79. The Kier molecular flexibility index (Phi) is 11.1. The van der Waals surface area contributed by atoms with Gasteiger partial charge in [-0.05, 0) is 104 Å². The summed E-state index contributed by atoms with van der Waals surface area (Å²) < 4.78 is 16.9. The molecule has 0 aromatic heterocycles. The van der Waals surface area contributed by atoms with Gasteiger partial charge in [0.2, 0.25) is 0 Å². The maximum absolute atomic E-state index is 12.1. The van der Waals surface area contributed by atoms with Gasteiger partial charge in [0.15, 0.2) is 0 Å². The van der Waals surface area contributed by atoms with Gasteiger partial charge in [-0.3, -0.25) is 4.90 Å². The summed E-state index contributed by atoms with van der Waals surface area (Å²) in [6.45, 7) is 8.84. The average Bonchev–Trinajstić information content (AvgIpc) is 2.99. The van der Waals surface area contributed by atoms with Crippen LogP contribution in [-0.2, 0) is 0 Å². The first-order valence-electron chi connectivity index (χ1n) is 14.4. The second kappa shape index (κ2) is 15.1. The molecule has 0 unspecified atom stereocenters. The Morgan fingerprint density at radius 1 is 0.800 bits per heavy atom. The molecule has 6 nitrogen and oxygen atoms in total. The molecule has 40 heavy (non-hydrogen) atoms. The molecule has 1 fully saturated rings. The Morgan fingerprint density at radius 3 is 1.98 bits per heavy atom. The number of amides is 1. The number of unbranched alkanes of at least 4 members (excludes halogenated alkanes) is 1. The highest BCUT2D eigenvalue weighted by molar-refractivity contribution is 5.98. The van der Waals surface area contributed by atoms with Crippen LogP contribution >= 0.6 is 0 Å². The fourth-order valence-corrected chi connectivity index (χ4v) is 4.98. The van der Waals surface area contributed by atoms with Gasteiger partial charge in [0, 0.05) is 13.1 Å². The zero-order valence-electron chi connectivity index (χ0n) is 24.1. The standard InChI is InChI=1S/C34H42N2O4/c1-4-5-21-35-34(37)40-32-19-13-29(14-20-32)33(26(2)27-9-15-30(38-3)16-10-27)28-11-17-31(18-12-28)39-25-24-36-22-7-6-8-23-36/h9-20H,4-8,21-25H2,1-3H3,(H,35,37)/b33-26+. The number of methoxy groups -OCH3 is 1. The first-order valence-corrected chi connectivity index (χ1v) is 14.4. The molecule has 0 radical (unpaired) electrons. The normalized spacial score (nSPS) is 14.3. The van der Waals surface area contributed by atoms with Crippen molar-refractivity contribution in [1.29, 1.82) is 0 Å². The average molecular weight is 543 g/mol. The van der Waals surface area contributed by atoms with Crippen LogP contribution in [0.15, 0.2) is 72.8 Å². The first kappa shape index (κ1) is 29.2. The number of rotatable bonds is 12. The largest absolute Gasteiger partial charge is 0.497 e. The summed E-state index contributed by atoms with van der Waals surface area (Å²) in [6.07, 6.45) is 5.43. The molecule has 212 valence electrons. The number of ether oxygens (including phenoxy) is 3. The van der Waals surface area contributed by atoms with Crippen LogP contribution in [0.2, 0.25) is 0 Å². The maximum atomic E-state index is 12.1. The van der Waals surface area contributed by atoms with Crippen LogP contribution in [0.4, 0.5) is 4.79 Å². The van der Waals surface area contributed by atoms with Gasteiger partial charge < -0.3 is 19.5 Å². The van der Waals surface area contributed by atoms with Crippen LogP contribution in [0.1, 0.15) is 62.6 Å². The first-order chi connectivity index (χ1) is 19.6. The lowest BCUT2D eigenvalue weighted by Gasteiger charge is -2.26. The van der Waals surface area contributed by atoms with Crippen LogP contribution in [0.5, 0.6) is 17.2 Å². The predicted octanol–water partition coefficient (Wildman–Crippen LogP) is 7.43. The van der Waals surface area contributed by atoms with Crippen molar-refractivity contribution in [3.8, 4) is 17.2 Å². The summed E-state index contributed by atoms with van der Waals surface area (Å²) in [7, 11) is 1.67. The number of carbonyl (C=O) groups excluding carboxylic acids is 1. The van der Waals surface area contributed by atoms with E-state index in [9.17, 15) is 4.79 Å². The minimum Gasteiger partial charge on any atom is -0.497 e. The number of hydrogen-bond donors (Lipinski definition) is 1. The van der Waals surface area contributed by atoms with E-state index in [1.807, 2.05) is 48.5 Å². The summed E-state index contributed by atoms with van der Waals surface area (Å²) >= 11 is 0. The number of likely N-dealkylation sites (tertiary alicyclic amines) is 1. The zero-order chi connectivity index (χ0) is 28.2. The van der Waals surface area contributed by atoms with E-state index >= 15 is 0 Å². The van der Waals surface area contributed by atoms with Gasteiger partial charge in [-0.15, -0.1) is 0 Å². The van der Waals surface area contributed by atoms with E-state index in [1.54, 1.807) is 7.11 Å². The molecule has 4 rings (SSSR count). The van der Waals surface area contributed by atoms with E-state index in [0.717, 1.165) is 58.7 Å². The lowest BCUT2D eigenvalue weighted by atomic mass is 9.90. The number of allylic oxidation sites excluding steroid dienone is 1. The molecule has 0 atom stereocenters. The molecule has 1 amide bonds. The van der Waals surface area contributed by atoms with Crippen LogP contribution in [0.25, 0.3) is 11.1 Å². The van der Waals surface area contributed by atoms with E-state index in [2.05, 4.69) is 48.3 Å². The van der Waals surface area contributed by atoms with Crippen molar-refractivity contribution in [2.24, 2.45) is 0 Å². The molecule has 1 aliphatic heterocycles. The SMILES string of the molecule is CCCCNC(=O)Oc1ccc(/C(=C(\C)c2ccc(OC)cc2)c2ccc(OCCN3CCCCC3)cc2)cc1. The van der Waals surface area contributed by atoms with E-state index in [-0.39, 0.29) is 0 Å². The smallest absolute Gasteiger partial charge is 0.412 e. The highest BCUT2D eigenvalue weighted by atomic mass is 16.6. The maximum Gasteiger partial charge on any atom is 0.412 e. The quantitative estimate of drug-likeness (QED) is 0.191. The number of benzene rings is 3. The van der Waals surface area contributed by atoms with Crippen molar-refractivity contribution in [2.75, 3.05) is 39.9 Å². The number of nitrogens with one attached hydrogen (secondary N) is 1. The van der Waals surface area contributed by atoms with Gasteiger partial charge in [0.05, 0.1) is 7.11 Å². The molecule has 0 spiro atoms. The third-order valence-electron chi connectivity index (χ3n) is 7.32. The Morgan fingerprint density at radius 2 is 1.38 bits per heavy atom. The number of hydrogen-bond acceptors (Lipinski definition) is 5. The third-order valence-corrected chi connectivity index (χ3v) is 7.32. The van der Waals surface area contributed by atoms with Crippen molar-refractivity contribution in [3.05, 3.63) is 89.5 Å². The lowest BCUT2D eigenvalue weighted by Crippen LogP contribution is -2.33. The molecule has 6 heteroatoms. The number of piperidine rings is 1. The Hall–Kier alpha value is -3.77. The molecule has 0 bridgehead atoms. The summed E-state index contributed by atoms with van der Waals surface area (Å²) in [6, 6.07) is 24.1. The number of carbonyl (C=O) groups is 1. The van der Waals surface area contributed by atoms with Crippen LogP contribution in [0.3, 0.4) is 0 Å². The monoisotopic (exact) mass is 542 g/mol. The fourth-order valence-electron chi connectivity index (χ4n) is 4.98. The van der Waals surface area contributed by atoms with Crippen LogP contribution in [-0.4, -0.2) is 50.9 Å². The minimum absolute atomic E-state index is 0.428. The van der Waals surface area contributed by atoms with Gasteiger partial charge in [-0.1, -0.05) is 56.2 Å². The molecular formula is C34H42N2O4. The third kappa shape index (κ3) is 8.36. The highest BCUT2D eigenvalue weighted by Gasteiger charge is 2.14. The van der Waals surface area contributed by atoms with E-state index in [4.69, 9.17) is 14.2 Å². The van der Waals surface area contributed by atoms with E-state index < -0.39 is 6.09 Å². The molecule has 0 saturated carbocycles. The zero-order valence-corrected chi connectivity index (χ0v) is 24.1. The van der Waals surface area contributed by atoms with Gasteiger partial charge in [0.25, 0.3) is 0 Å². The van der Waals surface area contributed by atoms with Crippen molar-refractivity contribution >= 4 is 17.2 Å². The predicted molar refractivity (Wildman–Crippen MR) is 162 cm³/mol. The van der Waals surface area contributed by atoms with E-state index in [1.165, 1.54) is 32.4 Å². The molecule has 0 aliphatic carbocycles. The molecule has 1 aliphatic rings. The van der Waals surface area contributed by atoms with Crippen molar-refractivity contribution < 1.29 is 19.0 Å². The lowest BCUT2D eigenvalue weighted by molar-refractivity contribution is 0.183. The fraction of sp³-hybridized carbons (Fsp3) is 0.382.